The third-order valence-corrected chi connectivity index (χ3v) is 1.18. The van der Waals surface area contributed by atoms with Crippen LogP contribution in [0.5, 0.6) is 0 Å². The number of carbonyl (C=O) groups excluding carboxylic acids is 2. The number of hydrogen-bond donors (Lipinski definition) is 0. The molecular weight excluding hydrogens is 279 g/mol. The fraction of sp³-hybridized carbons (Fsp3) is 0.667. The van der Waals surface area contributed by atoms with E-state index in [1.807, 2.05) is 22.6 Å². The summed E-state index contributed by atoms with van der Waals surface area (Å²) in [6.45, 7) is 1.84. The topological polar surface area (TPSA) is 61.8 Å². The van der Waals surface area contributed by atoms with Crippen molar-refractivity contribution in [1.82, 2.24) is 0 Å². The maximum absolute atomic E-state index is 10.8. The molecule has 2 unspecified atom stereocenters. The van der Waals surface area contributed by atoms with Crippen LogP contribution in [0.15, 0.2) is 0 Å². The molecule has 0 saturated heterocycles. The number of ether oxygens (including phenoxy) is 3. The van der Waals surface area contributed by atoms with Crippen molar-refractivity contribution in [1.29, 1.82) is 0 Å². The van der Waals surface area contributed by atoms with E-state index < -0.39 is 12.3 Å². The summed E-state index contributed by atoms with van der Waals surface area (Å²) in [7, 11) is 1.19. The highest BCUT2D eigenvalue weighted by atomic mass is 127. The number of carbonyl (C=O) groups is 2. The Bertz CT molecular complexity index is 158. The van der Waals surface area contributed by atoms with Gasteiger partial charge in [-0.05, 0) is 6.92 Å². The first-order chi connectivity index (χ1) is 5.61. The fourth-order valence-electron chi connectivity index (χ4n) is 0.460. The predicted octanol–water partition coefficient (Wildman–Crippen LogP) is 0.456. The molecule has 0 saturated carbocycles. The summed E-state index contributed by atoms with van der Waals surface area (Å²) in [5.41, 5.74) is 0. The van der Waals surface area contributed by atoms with Gasteiger partial charge in [0.2, 0.25) is 0 Å². The summed E-state index contributed by atoms with van der Waals surface area (Å²) in [6, 6.07) is 0. The maximum Gasteiger partial charge on any atom is 0.376 e. The molecule has 0 spiro atoms. The average molecular weight is 288 g/mol. The van der Waals surface area contributed by atoms with Crippen molar-refractivity contribution in [2.75, 3.05) is 7.11 Å². The van der Waals surface area contributed by atoms with Crippen LogP contribution in [0.25, 0.3) is 0 Å². The normalized spacial score (nSPS) is 14.6. The van der Waals surface area contributed by atoms with Crippen molar-refractivity contribution in [3.8, 4) is 0 Å². The second-order valence-corrected chi connectivity index (χ2v) is 3.52. The predicted molar refractivity (Wildman–Crippen MR) is 47.5 cm³/mol. The first-order valence-corrected chi connectivity index (χ1v) is 4.32. The molecule has 0 aliphatic rings. The summed E-state index contributed by atoms with van der Waals surface area (Å²) >= 11 is 1.92. The number of methoxy groups -OCH3 is 1. The Morgan fingerprint density at radius 3 is 2.50 bits per heavy atom. The minimum atomic E-state index is -1.26. The molecule has 0 heterocycles. The SMILES string of the molecule is COC(=O)C(OC=O)OC(C)I. The molecule has 0 bridgehead atoms. The highest BCUT2D eigenvalue weighted by Gasteiger charge is 2.22. The van der Waals surface area contributed by atoms with Gasteiger partial charge in [-0.15, -0.1) is 0 Å². The van der Waals surface area contributed by atoms with Crippen molar-refractivity contribution in [2.45, 2.75) is 17.3 Å². The van der Waals surface area contributed by atoms with E-state index in [0.717, 1.165) is 0 Å². The lowest BCUT2D eigenvalue weighted by Crippen LogP contribution is -2.30. The molecule has 12 heavy (non-hydrogen) atoms. The van der Waals surface area contributed by atoms with E-state index in [1.165, 1.54) is 7.11 Å². The third kappa shape index (κ3) is 4.50. The minimum absolute atomic E-state index is 0.139. The molecule has 0 radical (unpaired) electrons. The van der Waals surface area contributed by atoms with E-state index in [0.29, 0.717) is 0 Å². The number of rotatable bonds is 5. The lowest BCUT2D eigenvalue weighted by molar-refractivity contribution is -0.192. The van der Waals surface area contributed by atoms with Crippen LogP contribution in [0.4, 0.5) is 0 Å². The molecular formula is C6H9IO5. The van der Waals surface area contributed by atoms with Gasteiger partial charge in [0.25, 0.3) is 6.47 Å². The van der Waals surface area contributed by atoms with Crippen molar-refractivity contribution >= 4 is 35.0 Å². The molecule has 0 fully saturated rings. The molecule has 0 aliphatic heterocycles. The van der Waals surface area contributed by atoms with Crippen LogP contribution in [0.1, 0.15) is 6.92 Å². The fourth-order valence-corrected chi connectivity index (χ4v) is 0.727. The summed E-state index contributed by atoms with van der Waals surface area (Å²) in [5, 5.41) is 0. The Morgan fingerprint density at radius 1 is 1.58 bits per heavy atom. The van der Waals surface area contributed by atoms with Crippen LogP contribution in [0.2, 0.25) is 0 Å². The Morgan fingerprint density at radius 2 is 2.17 bits per heavy atom. The van der Waals surface area contributed by atoms with E-state index in [1.54, 1.807) is 6.92 Å². The Balaban J connectivity index is 4.02. The number of alkyl halides is 1. The molecule has 0 rings (SSSR count). The molecule has 5 nitrogen and oxygen atoms in total. The quantitative estimate of drug-likeness (QED) is 0.242. The van der Waals surface area contributed by atoms with Crippen molar-refractivity contribution in [2.24, 2.45) is 0 Å². The van der Waals surface area contributed by atoms with Crippen LogP contribution in [0.3, 0.4) is 0 Å². The van der Waals surface area contributed by atoms with Gasteiger partial charge in [0.15, 0.2) is 0 Å². The molecule has 0 aliphatic carbocycles. The molecule has 0 aromatic heterocycles. The zero-order valence-corrected chi connectivity index (χ0v) is 8.81. The molecule has 2 atom stereocenters. The zero-order chi connectivity index (χ0) is 9.56. The van der Waals surface area contributed by atoms with Gasteiger partial charge in [-0.2, -0.15) is 0 Å². The Hall–Kier alpha value is -0.370. The summed E-state index contributed by atoms with van der Waals surface area (Å²) in [6.07, 6.45) is -1.26. The Kier molecular flexibility index (Phi) is 5.99. The van der Waals surface area contributed by atoms with Gasteiger partial charge in [-0.3, -0.25) is 4.79 Å². The molecule has 6 heteroatoms. The standard InChI is InChI=1S/C6H9IO5/c1-4(7)12-6(11-3-8)5(9)10-2/h3-4,6H,1-2H3. The zero-order valence-electron chi connectivity index (χ0n) is 6.65. The molecule has 70 valence electrons. The van der Waals surface area contributed by atoms with Gasteiger partial charge in [0.05, 0.1) is 7.11 Å². The van der Waals surface area contributed by atoms with Gasteiger partial charge in [-0.25, -0.2) is 4.79 Å². The maximum atomic E-state index is 10.8. The van der Waals surface area contributed by atoms with Crippen LogP contribution < -0.4 is 0 Å². The Labute approximate surface area is 83.5 Å². The third-order valence-electron chi connectivity index (χ3n) is 0.884. The molecule has 0 aromatic rings. The van der Waals surface area contributed by atoms with E-state index >= 15 is 0 Å². The monoisotopic (exact) mass is 288 g/mol. The minimum Gasteiger partial charge on any atom is -0.464 e. The van der Waals surface area contributed by atoms with Crippen molar-refractivity contribution < 1.29 is 23.8 Å². The van der Waals surface area contributed by atoms with Gasteiger partial charge >= 0.3 is 12.3 Å². The second kappa shape index (κ2) is 6.18. The van der Waals surface area contributed by atoms with Gasteiger partial charge in [0, 0.05) is 0 Å². The van der Waals surface area contributed by atoms with Crippen LogP contribution >= 0.6 is 22.6 Å². The molecule has 0 aromatic carbocycles. The average Bonchev–Trinajstić information content (AvgIpc) is 2.01. The van der Waals surface area contributed by atoms with E-state index in [2.05, 4.69) is 9.47 Å². The largest absolute Gasteiger partial charge is 0.464 e. The molecule has 0 N–H and O–H groups in total. The lowest BCUT2D eigenvalue weighted by atomic mass is 10.6. The van der Waals surface area contributed by atoms with E-state index in [4.69, 9.17) is 4.74 Å². The summed E-state index contributed by atoms with van der Waals surface area (Å²) in [5.74, 6) is -0.731. The van der Waals surface area contributed by atoms with Gasteiger partial charge < -0.3 is 14.2 Å². The van der Waals surface area contributed by atoms with Crippen LogP contribution in [-0.2, 0) is 23.8 Å². The molecule has 0 amide bonds. The highest BCUT2D eigenvalue weighted by molar-refractivity contribution is 14.1. The van der Waals surface area contributed by atoms with Crippen molar-refractivity contribution in [3.05, 3.63) is 0 Å². The van der Waals surface area contributed by atoms with E-state index in [-0.39, 0.29) is 10.6 Å². The first-order valence-electron chi connectivity index (χ1n) is 3.08. The van der Waals surface area contributed by atoms with Gasteiger partial charge in [-0.1, -0.05) is 22.6 Å². The summed E-state index contributed by atoms with van der Waals surface area (Å²) in [4.78, 5) is 20.7. The second-order valence-electron chi connectivity index (χ2n) is 1.77. The number of halogens is 1. The van der Waals surface area contributed by atoms with Crippen LogP contribution in [-0.4, -0.2) is 30.0 Å². The van der Waals surface area contributed by atoms with E-state index in [9.17, 15) is 9.59 Å². The smallest absolute Gasteiger partial charge is 0.376 e. The highest BCUT2D eigenvalue weighted by Crippen LogP contribution is 2.06. The number of hydrogen-bond acceptors (Lipinski definition) is 5. The van der Waals surface area contributed by atoms with Gasteiger partial charge in [0.1, 0.15) is 4.11 Å². The van der Waals surface area contributed by atoms with Crippen molar-refractivity contribution in [3.63, 3.8) is 0 Å². The van der Waals surface area contributed by atoms with Crippen LogP contribution in [0, 0.1) is 0 Å². The number of esters is 1. The first kappa shape index (κ1) is 11.6. The lowest BCUT2D eigenvalue weighted by Gasteiger charge is -2.14. The summed E-state index contributed by atoms with van der Waals surface area (Å²) < 4.78 is 13.3.